The van der Waals surface area contributed by atoms with E-state index in [1.165, 1.54) is 66.1 Å². The van der Waals surface area contributed by atoms with Crippen molar-refractivity contribution in [1.82, 2.24) is 0 Å². The van der Waals surface area contributed by atoms with E-state index in [2.05, 4.69) is 201 Å². The van der Waals surface area contributed by atoms with Crippen LogP contribution in [0.15, 0.2) is 183 Å². The summed E-state index contributed by atoms with van der Waals surface area (Å²) >= 11 is 0. The third-order valence-electron chi connectivity index (χ3n) is 10.2. The Labute approximate surface area is 307 Å². The van der Waals surface area contributed by atoms with Gasteiger partial charge in [-0.25, -0.2) is 0 Å². The SMILES string of the molecule is C=C/C=C\C(=C/C)c1ccc(N(c2ccc(-c3ccccc3)cc2)c2ccc3cc(-c4c5c(c(C)c6ccccc46)C=CCC=C5)ccc3c2)cc1. The Balaban J connectivity index is 1.23. The molecule has 0 saturated heterocycles. The first kappa shape index (κ1) is 32.7. The van der Waals surface area contributed by atoms with Crippen molar-refractivity contribution >= 4 is 56.3 Å². The number of hydrogen-bond acceptors (Lipinski definition) is 1. The van der Waals surface area contributed by atoms with Gasteiger partial charge in [0.15, 0.2) is 0 Å². The van der Waals surface area contributed by atoms with Gasteiger partial charge in [-0.2, -0.15) is 0 Å². The number of nitrogens with zero attached hydrogens (tertiary/aromatic N) is 1. The molecule has 8 rings (SSSR count). The summed E-state index contributed by atoms with van der Waals surface area (Å²) in [6, 6.07) is 50.9. The minimum atomic E-state index is 0.946. The van der Waals surface area contributed by atoms with Gasteiger partial charge in [0.25, 0.3) is 0 Å². The molecule has 0 aliphatic heterocycles. The maximum Gasteiger partial charge on any atom is 0.0468 e. The molecular formula is C51H41N. The predicted octanol–water partition coefficient (Wildman–Crippen LogP) is 14.7. The van der Waals surface area contributed by atoms with Gasteiger partial charge < -0.3 is 4.90 Å². The van der Waals surface area contributed by atoms with E-state index in [1.54, 1.807) is 0 Å². The van der Waals surface area contributed by atoms with Crippen LogP contribution in [0, 0.1) is 6.92 Å². The van der Waals surface area contributed by atoms with E-state index in [-0.39, 0.29) is 0 Å². The number of fused-ring (bicyclic) bond motifs is 3. The topological polar surface area (TPSA) is 3.24 Å². The molecule has 0 atom stereocenters. The molecule has 0 amide bonds. The number of aryl methyl sites for hydroxylation is 1. The van der Waals surface area contributed by atoms with Crippen molar-refractivity contribution in [2.75, 3.05) is 4.90 Å². The highest BCUT2D eigenvalue weighted by molar-refractivity contribution is 6.07. The highest BCUT2D eigenvalue weighted by Crippen LogP contribution is 2.42. The Morgan fingerprint density at radius 2 is 1.19 bits per heavy atom. The van der Waals surface area contributed by atoms with Gasteiger partial charge in [0.1, 0.15) is 0 Å². The fraction of sp³-hybridized carbons (Fsp3) is 0.0588. The highest BCUT2D eigenvalue weighted by Gasteiger charge is 2.18. The van der Waals surface area contributed by atoms with E-state index in [9.17, 15) is 0 Å². The van der Waals surface area contributed by atoms with Crippen LogP contribution < -0.4 is 4.90 Å². The zero-order chi connectivity index (χ0) is 35.4. The molecule has 1 nitrogen and oxygen atoms in total. The fourth-order valence-electron chi connectivity index (χ4n) is 7.55. The van der Waals surface area contributed by atoms with E-state index < -0.39 is 0 Å². The number of benzene rings is 7. The molecule has 0 fully saturated rings. The Kier molecular flexibility index (Phi) is 9.08. The number of rotatable bonds is 8. The summed E-state index contributed by atoms with van der Waals surface area (Å²) in [6.07, 6.45) is 18.1. The van der Waals surface area contributed by atoms with Crippen LogP contribution in [0.4, 0.5) is 17.1 Å². The minimum Gasteiger partial charge on any atom is -0.310 e. The monoisotopic (exact) mass is 667 g/mol. The zero-order valence-corrected chi connectivity index (χ0v) is 29.8. The molecule has 0 N–H and O–H groups in total. The first-order chi connectivity index (χ1) is 25.6. The Morgan fingerprint density at radius 1 is 0.596 bits per heavy atom. The first-order valence-electron chi connectivity index (χ1n) is 18.1. The molecule has 0 spiro atoms. The van der Waals surface area contributed by atoms with Gasteiger partial charge in [-0.05, 0) is 134 Å². The Hall–Kier alpha value is -6.44. The van der Waals surface area contributed by atoms with E-state index in [0.29, 0.717) is 0 Å². The van der Waals surface area contributed by atoms with Gasteiger partial charge in [0.2, 0.25) is 0 Å². The van der Waals surface area contributed by atoms with Gasteiger partial charge in [-0.1, -0.05) is 152 Å². The van der Waals surface area contributed by atoms with Crippen molar-refractivity contribution < 1.29 is 0 Å². The molecule has 7 aromatic carbocycles. The van der Waals surface area contributed by atoms with E-state index in [0.717, 1.165) is 29.1 Å². The lowest BCUT2D eigenvalue weighted by atomic mass is 9.86. The van der Waals surface area contributed by atoms with Crippen molar-refractivity contribution in [3.05, 3.63) is 205 Å². The average molecular weight is 668 g/mol. The van der Waals surface area contributed by atoms with Gasteiger partial charge in [0, 0.05) is 17.1 Å². The normalized spacial score (nSPS) is 12.7. The van der Waals surface area contributed by atoms with E-state index in [4.69, 9.17) is 0 Å². The predicted molar refractivity (Wildman–Crippen MR) is 227 cm³/mol. The van der Waals surface area contributed by atoms with Crippen LogP contribution in [0.3, 0.4) is 0 Å². The molecule has 0 radical (unpaired) electrons. The van der Waals surface area contributed by atoms with Crippen LogP contribution in [-0.4, -0.2) is 0 Å². The second-order valence-electron chi connectivity index (χ2n) is 13.3. The summed E-state index contributed by atoms with van der Waals surface area (Å²) in [4.78, 5) is 2.35. The van der Waals surface area contributed by atoms with Gasteiger partial charge in [-0.15, -0.1) is 0 Å². The average Bonchev–Trinajstić information content (AvgIpc) is 3.46. The molecular weight excluding hydrogens is 627 g/mol. The first-order valence-corrected chi connectivity index (χ1v) is 18.1. The lowest BCUT2D eigenvalue weighted by Gasteiger charge is -2.26. The number of allylic oxidation sites excluding steroid dienone is 7. The minimum absolute atomic E-state index is 0.946. The van der Waals surface area contributed by atoms with Crippen molar-refractivity contribution in [3.63, 3.8) is 0 Å². The third-order valence-corrected chi connectivity index (χ3v) is 10.2. The summed E-state index contributed by atoms with van der Waals surface area (Å²) in [7, 11) is 0. The quantitative estimate of drug-likeness (QED) is 0.146. The van der Waals surface area contributed by atoms with E-state index >= 15 is 0 Å². The summed E-state index contributed by atoms with van der Waals surface area (Å²) in [6.45, 7) is 8.17. The second-order valence-corrected chi connectivity index (χ2v) is 13.3. The Morgan fingerprint density at radius 3 is 1.92 bits per heavy atom. The largest absolute Gasteiger partial charge is 0.310 e. The van der Waals surface area contributed by atoms with Gasteiger partial charge in [-0.3, -0.25) is 0 Å². The van der Waals surface area contributed by atoms with E-state index in [1.807, 2.05) is 12.2 Å². The number of hydrogen-bond donors (Lipinski definition) is 0. The highest BCUT2D eigenvalue weighted by atomic mass is 15.1. The van der Waals surface area contributed by atoms with Crippen LogP contribution >= 0.6 is 0 Å². The lowest BCUT2D eigenvalue weighted by molar-refractivity contribution is 1.29. The smallest absolute Gasteiger partial charge is 0.0468 e. The van der Waals surface area contributed by atoms with Crippen LogP contribution in [0.5, 0.6) is 0 Å². The molecule has 0 unspecified atom stereocenters. The van der Waals surface area contributed by atoms with Crippen molar-refractivity contribution in [3.8, 4) is 22.3 Å². The molecule has 0 bridgehead atoms. The van der Waals surface area contributed by atoms with Gasteiger partial charge in [0.05, 0.1) is 0 Å². The molecule has 1 aliphatic carbocycles. The zero-order valence-electron chi connectivity index (χ0n) is 29.8. The van der Waals surface area contributed by atoms with Crippen molar-refractivity contribution in [1.29, 1.82) is 0 Å². The second kappa shape index (κ2) is 14.4. The molecule has 250 valence electrons. The summed E-state index contributed by atoms with van der Waals surface area (Å²) in [5.41, 5.74) is 14.6. The maximum absolute atomic E-state index is 3.84. The van der Waals surface area contributed by atoms with Crippen molar-refractivity contribution in [2.45, 2.75) is 20.3 Å². The molecule has 0 aromatic heterocycles. The lowest BCUT2D eigenvalue weighted by Crippen LogP contribution is -2.10. The summed E-state index contributed by atoms with van der Waals surface area (Å²) < 4.78 is 0. The molecule has 0 heterocycles. The molecule has 1 aliphatic rings. The number of anilines is 3. The molecule has 7 aromatic rings. The molecule has 52 heavy (non-hydrogen) atoms. The fourth-order valence-corrected chi connectivity index (χ4v) is 7.55. The summed E-state index contributed by atoms with van der Waals surface area (Å²) in [5, 5.41) is 5.02. The summed E-state index contributed by atoms with van der Waals surface area (Å²) in [5.74, 6) is 0. The Bertz CT molecular complexity index is 2540. The van der Waals surface area contributed by atoms with Crippen LogP contribution in [-0.2, 0) is 0 Å². The maximum atomic E-state index is 3.84. The van der Waals surface area contributed by atoms with Crippen LogP contribution in [0.1, 0.15) is 35.6 Å². The van der Waals surface area contributed by atoms with Crippen molar-refractivity contribution in [2.24, 2.45) is 0 Å². The molecule has 0 saturated carbocycles. The standard InChI is InChI=1S/C51H41N/c1-4-6-15-37(5-2)39-24-29-44(30-25-39)52(45-31-26-40(27-32-45)38-16-9-7-10-17-38)46-33-28-41-34-43(23-22-42(41)35-46)51-49-20-12-8-11-18-47(49)36(3)48-19-13-14-21-50(48)51/h4-7,9-35H,1,8H2,2-3H3/b15-6-,37-5+. The van der Waals surface area contributed by atoms with Gasteiger partial charge >= 0.3 is 0 Å². The third kappa shape index (κ3) is 6.23. The van der Waals surface area contributed by atoms with Crippen LogP contribution in [0.25, 0.3) is 61.5 Å². The van der Waals surface area contributed by atoms with Crippen LogP contribution in [0.2, 0.25) is 0 Å². The molecule has 1 heteroatoms.